The molecule has 1 heterocycles. The first-order valence-electron chi connectivity index (χ1n) is 9.44. The number of rotatable bonds is 8. The van der Waals surface area contributed by atoms with E-state index in [1.165, 1.54) is 50.9 Å². The van der Waals surface area contributed by atoms with Crippen molar-refractivity contribution in [3.05, 3.63) is 64.7 Å². The smallest absolute Gasteiger partial charge is 0.343 e. The van der Waals surface area contributed by atoms with E-state index in [2.05, 4.69) is 10.3 Å². The second-order valence-corrected chi connectivity index (χ2v) is 7.23. The van der Waals surface area contributed by atoms with E-state index in [4.69, 9.17) is 18.9 Å². The summed E-state index contributed by atoms with van der Waals surface area (Å²) in [6, 6.07) is 11.2. The van der Waals surface area contributed by atoms with Crippen molar-refractivity contribution in [1.29, 1.82) is 5.26 Å². The van der Waals surface area contributed by atoms with Crippen LogP contribution in [0.1, 0.15) is 15.9 Å². The quantitative estimate of drug-likeness (QED) is 0.230. The number of nitrogens with one attached hydrogen (secondary N) is 1. The van der Waals surface area contributed by atoms with Gasteiger partial charge >= 0.3 is 5.97 Å². The molecule has 1 aromatic heterocycles. The number of ether oxygens (including phenoxy) is 4. The molecule has 0 aliphatic carbocycles. The van der Waals surface area contributed by atoms with Gasteiger partial charge in [0, 0.05) is 11.6 Å². The predicted molar refractivity (Wildman–Crippen MR) is 122 cm³/mol. The number of hydrogen-bond donors (Lipinski definition) is 1. The van der Waals surface area contributed by atoms with E-state index in [1.54, 1.807) is 35.8 Å². The van der Waals surface area contributed by atoms with Crippen molar-refractivity contribution in [3.63, 3.8) is 0 Å². The van der Waals surface area contributed by atoms with Gasteiger partial charge in [0.2, 0.25) is 0 Å². The Hall–Kier alpha value is -4.36. The van der Waals surface area contributed by atoms with Crippen LogP contribution in [-0.2, 0) is 4.79 Å². The van der Waals surface area contributed by atoms with Crippen molar-refractivity contribution in [1.82, 2.24) is 4.98 Å². The summed E-state index contributed by atoms with van der Waals surface area (Å²) >= 11 is 1.24. The van der Waals surface area contributed by atoms with Gasteiger partial charge in [0.15, 0.2) is 28.1 Å². The molecule has 0 spiro atoms. The van der Waals surface area contributed by atoms with Crippen LogP contribution in [0.15, 0.2) is 53.5 Å². The van der Waals surface area contributed by atoms with E-state index < -0.39 is 11.9 Å². The molecule has 0 unspecified atom stereocenters. The van der Waals surface area contributed by atoms with E-state index >= 15 is 0 Å². The maximum Gasteiger partial charge on any atom is 0.343 e. The molecular weight excluding hydrogens is 446 g/mol. The van der Waals surface area contributed by atoms with Crippen molar-refractivity contribution >= 4 is 34.4 Å². The Morgan fingerprint density at radius 1 is 1.00 bits per heavy atom. The molecule has 0 fully saturated rings. The molecule has 0 aliphatic heterocycles. The normalized spacial score (nSPS) is 10.7. The van der Waals surface area contributed by atoms with Crippen LogP contribution in [0.4, 0.5) is 5.13 Å². The summed E-state index contributed by atoms with van der Waals surface area (Å²) in [6.45, 7) is 0. The minimum absolute atomic E-state index is 0.123. The molecule has 33 heavy (non-hydrogen) atoms. The van der Waals surface area contributed by atoms with Crippen molar-refractivity contribution in [2.24, 2.45) is 0 Å². The highest BCUT2D eigenvalue weighted by Gasteiger charge is 2.16. The summed E-state index contributed by atoms with van der Waals surface area (Å²) in [5.41, 5.74) is 0.634. The summed E-state index contributed by atoms with van der Waals surface area (Å²) in [7, 11) is 4.38. The lowest BCUT2D eigenvalue weighted by atomic mass is 10.1. The molecule has 9 nitrogen and oxygen atoms in total. The van der Waals surface area contributed by atoms with Gasteiger partial charge in [-0.2, -0.15) is 5.26 Å². The number of methoxy groups -OCH3 is 3. The Kier molecular flexibility index (Phi) is 7.62. The highest BCUT2D eigenvalue weighted by Crippen LogP contribution is 2.31. The molecule has 2 aromatic carbocycles. The Morgan fingerprint density at radius 2 is 1.70 bits per heavy atom. The standard InChI is InChI=1S/C23H19N3O6S/c1-29-17-7-5-15(12-20(17)31-3)22(28)32-18-6-4-14(11-19(18)30-2)10-16(13-24)21(27)26-23-25-8-9-33-23/h4-12H,1-3H3,(H,25,26,27)/b16-10+. The first-order valence-corrected chi connectivity index (χ1v) is 10.3. The Labute approximate surface area is 193 Å². The third-order valence-corrected chi connectivity index (χ3v) is 5.03. The zero-order valence-corrected chi connectivity index (χ0v) is 18.8. The number of nitrogens with zero attached hydrogens (tertiary/aromatic N) is 2. The lowest BCUT2D eigenvalue weighted by Gasteiger charge is -2.12. The maximum atomic E-state index is 12.6. The van der Waals surface area contributed by atoms with Gasteiger partial charge in [-0.3, -0.25) is 10.1 Å². The molecule has 0 radical (unpaired) electrons. The first-order chi connectivity index (χ1) is 16.0. The fourth-order valence-electron chi connectivity index (χ4n) is 2.75. The Morgan fingerprint density at radius 3 is 2.33 bits per heavy atom. The Bertz CT molecular complexity index is 1230. The van der Waals surface area contributed by atoms with Gasteiger partial charge in [0.25, 0.3) is 5.91 Å². The summed E-state index contributed by atoms with van der Waals surface area (Å²) < 4.78 is 21.2. The van der Waals surface area contributed by atoms with Gasteiger partial charge in [0.05, 0.1) is 26.9 Å². The largest absolute Gasteiger partial charge is 0.493 e. The number of esters is 1. The first kappa shape index (κ1) is 23.3. The summed E-state index contributed by atoms with van der Waals surface area (Å²) in [5, 5.41) is 14.0. The zero-order chi connectivity index (χ0) is 23.8. The van der Waals surface area contributed by atoms with Crippen LogP contribution in [0.2, 0.25) is 0 Å². The van der Waals surface area contributed by atoms with Gasteiger partial charge in [-0.05, 0) is 42.0 Å². The Balaban J connectivity index is 1.80. The number of aromatic nitrogens is 1. The molecule has 0 saturated carbocycles. The van der Waals surface area contributed by atoms with Crippen molar-refractivity contribution in [2.45, 2.75) is 0 Å². The molecule has 0 saturated heterocycles. The third kappa shape index (κ3) is 5.66. The number of carbonyl (C=O) groups is 2. The van der Waals surface area contributed by atoms with E-state index in [-0.39, 0.29) is 22.6 Å². The second kappa shape index (κ2) is 10.8. The van der Waals surface area contributed by atoms with Gasteiger partial charge in [-0.1, -0.05) is 6.07 Å². The molecule has 0 aliphatic rings. The van der Waals surface area contributed by atoms with Gasteiger partial charge in [0.1, 0.15) is 11.6 Å². The van der Waals surface area contributed by atoms with Gasteiger partial charge in [-0.25, -0.2) is 9.78 Å². The molecular formula is C23H19N3O6S. The molecule has 168 valence electrons. The second-order valence-electron chi connectivity index (χ2n) is 6.33. The minimum Gasteiger partial charge on any atom is -0.493 e. The number of carbonyl (C=O) groups excluding carboxylic acids is 2. The summed E-state index contributed by atoms with van der Waals surface area (Å²) in [4.78, 5) is 28.9. The van der Waals surface area contributed by atoms with Crippen molar-refractivity contribution in [3.8, 4) is 29.1 Å². The highest BCUT2D eigenvalue weighted by atomic mass is 32.1. The van der Waals surface area contributed by atoms with E-state index in [1.807, 2.05) is 6.07 Å². The van der Waals surface area contributed by atoms with Crippen LogP contribution in [0.3, 0.4) is 0 Å². The minimum atomic E-state index is -0.627. The summed E-state index contributed by atoms with van der Waals surface area (Å²) in [5.74, 6) is 0.0678. The average Bonchev–Trinajstić information content (AvgIpc) is 3.35. The molecule has 0 atom stereocenters. The fraction of sp³-hybridized carbons (Fsp3) is 0.130. The van der Waals surface area contributed by atoms with Crippen molar-refractivity contribution < 1.29 is 28.5 Å². The molecule has 3 aromatic rings. The molecule has 0 bridgehead atoms. The zero-order valence-electron chi connectivity index (χ0n) is 17.9. The van der Waals surface area contributed by atoms with E-state index in [0.29, 0.717) is 22.2 Å². The molecule has 1 amide bonds. The van der Waals surface area contributed by atoms with Gasteiger partial charge < -0.3 is 18.9 Å². The third-order valence-electron chi connectivity index (χ3n) is 4.34. The number of thiazole rings is 1. The lowest BCUT2D eigenvalue weighted by molar-refractivity contribution is -0.112. The number of anilines is 1. The van der Waals surface area contributed by atoms with Crippen LogP contribution >= 0.6 is 11.3 Å². The number of amides is 1. The number of benzene rings is 2. The number of hydrogen-bond acceptors (Lipinski definition) is 9. The molecule has 10 heteroatoms. The van der Waals surface area contributed by atoms with Crippen LogP contribution in [0, 0.1) is 11.3 Å². The average molecular weight is 465 g/mol. The lowest BCUT2D eigenvalue weighted by Crippen LogP contribution is -2.13. The van der Waals surface area contributed by atoms with Crippen LogP contribution in [-0.4, -0.2) is 38.2 Å². The SMILES string of the molecule is COc1ccc(C(=O)Oc2ccc(/C=C(\C#N)C(=O)Nc3nccs3)cc2OC)cc1OC. The summed E-state index contributed by atoms with van der Waals surface area (Å²) in [6.07, 6.45) is 2.94. The maximum absolute atomic E-state index is 12.6. The number of nitriles is 1. The van der Waals surface area contributed by atoms with Crippen LogP contribution in [0.5, 0.6) is 23.0 Å². The molecule has 3 rings (SSSR count). The highest BCUT2D eigenvalue weighted by molar-refractivity contribution is 7.13. The van der Waals surface area contributed by atoms with Gasteiger partial charge in [-0.15, -0.1) is 11.3 Å². The topological polar surface area (TPSA) is 120 Å². The van der Waals surface area contributed by atoms with E-state index in [9.17, 15) is 14.9 Å². The van der Waals surface area contributed by atoms with Crippen molar-refractivity contribution in [2.75, 3.05) is 26.6 Å². The fourth-order valence-corrected chi connectivity index (χ4v) is 3.27. The van der Waals surface area contributed by atoms with Crippen LogP contribution < -0.4 is 24.3 Å². The molecule has 1 N–H and O–H groups in total. The van der Waals surface area contributed by atoms with E-state index in [0.717, 1.165) is 0 Å². The monoisotopic (exact) mass is 465 g/mol. The predicted octanol–water partition coefficient (Wildman–Crippen LogP) is 3.93. The van der Waals surface area contributed by atoms with Crippen LogP contribution in [0.25, 0.3) is 6.08 Å².